The lowest BCUT2D eigenvalue weighted by Gasteiger charge is -2.06. The molecular weight excluding hydrogens is 238 g/mol. The van der Waals surface area contributed by atoms with E-state index in [9.17, 15) is 4.79 Å². The van der Waals surface area contributed by atoms with E-state index in [4.69, 9.17) is 10.00 Å². The Bertz CT molecular complexity index is 624. The van der Waals surface area contributed by atoms with Crippen molar-refractivity contribution in [3.63, 3.8) is 0 Å². The van der Waals surface area contributed by atoms with E-state index in [1.807, 2.05) is 42.5 Å². The van der Waals surface area contributed by atoms with Gasteiger partial charge < -0.3 is 4.74 Å². The van der Waals surface area contributed by atoms with E-state index in [1.165, 1.54) is 6.92 Å². The van der Waals surface area contributed by atoms with Crippen LogP contribution < -0.4 is 0 Å². The van der Waals surface area contributed by atoms with Crippen molar-refractivity contribution in [1.82, 2.24) is 0 Å². The largest absolute Gasteiger partial charge is 0.461 e. The molecule has 0 radical (unpaired) electrons. The molecule has 2 aromatic rings. The molecule has 0 aliphatic rings. The Morgan fingerprint density at radius 1 is 1.16 bits per heavy atom. The Labute approximate surface area is 112 Å². The highest BCUT2D eigenvalue weighted by atomic mass is 16.5. The number of nitriles is 1. The zero-order chi connectivity index (χ0) is 13.7. The monoisotopic (exact) mass is 251 g/mol. The molecule has 0 fully saturated rings. The lowest BCUT2D eigenvalue weighted by Crippen LogP contribution is -1.98. The van der Waals surface area contributed by atoms with Crippen LogP contribution in [0, 0.1) is 11.3 Å². The first-order chi connectivity index (χ1) is 9.20. The van der Waals surface area contributed by atoms with Gasteiger partial charge in [-0.15, -0.1) is 0 Å². The first-order valence-electron chi connectivity index (χ1n) is 5.92. The molecule has 3 heteroatoms. The van der Waals surface area contributed by atoms with E-state index in [1.54, 1.807) is 6.07 Å². The second kappa shape index (κ2) is 5.83. The molecule has 2 rings (SSSR count). The summed E-state index contributed by atoms with van der Waals surface area (Å²) in [6, 6.07) is 17.3. The molecule has 0 N–H and O–H groups in total. The van der Waals surface area contributed by atoms with E-state index in [0.717, 1.165) is 16.7 Å². The van der Waals surface area contributed by atoms with Gasteiger partial charge in [-0.1, -0.05) is 42.5 Å². The Morgan fingerprint density at radius 2 is 1.84 bits per heavy atom. The summed E-state index contributed by atoms with van der Waals surface area (Å²) in [4.78, 5) is 10.7. The van der Waals surface area contributed by atoms with Crippen LogP contribution >= 0.6 is 0 Å². The van der Waals surface area contributed by atoms with Crippen molar-refractivity contribution in [2.75, 3.05) is 0 Å². The standard InChI is InChI=1S/C16H13NO2/c1-12(18)19-11-13-6-8-14(9-7-13)16-5-3-2-4-15(16)10-17/h2-9H,11H2,1H3. The Morgan fingerprint density at radius 3 is 2.47 bits per heavy atom. The molecule has 0 aliphatic heterocycles. The van der Waals surface area contributed by atoms with Gasteiger partial charge in [0.15, 0.2) is 0 Å². The van der Waals surface area contributed by atoms with Gasteiger partial charge in [-0.05, 0) is 22.8 Å². The summed E-state index contributed by atoms with van der Waals surface area (Å²) in [6.45, 7) is 1.66. The highest BCUT2D eigenvalue weighted by molar-refractivity contribution is 5.70. The number of carbonyl (C=O) groups is 1. The minimum absolute atomic E-state index is 0.273. The van der Waals surface area contributed by atoms with Crippen molar-refractivity contribution < 1.29 is 9.53 Å². The second-order valence-electron chi connectivity index (χ2n) is 4.13. The van der Waals surface area contributed by atoms with E-state index < -0.39 is 0 Å². The summed E-state index contributed by atoms with van der Waals surface area (Å²) < 4.78 is 4.93. The van der Waals surface area contributed by atoms with Gasteiger partial charge in [0.25, 0.3) is 0 Å². The van der Waals surface area contributed by atoms with E-state index in [0.29, 0.717) is 5.56 Å². The van der Waals surface area contributed by atoms with Gasteiger partial charge in [-0.3, -0.25) is 4.79 Å². The molecule has 0 atom stereocenters. The molecule has 19 heavy (non-hydrogen) atoms. The van der Waals surface area contributed by atoms with Gasteiger partial charge in [0.1, 0.15) is 6.61 Å². The molecule has 94 valence electrons. The summed E-state index contributed by atoms with van der Waals surface area (Å²) in [5.74, 6) is -0.293. The Hall–Kier alpha value is -2.60. The summed E-state index contributed by atoms with van der Waals surface area (Å²) in [5.41, 5.74) is 3.45. The maximum Gasteiger partial charge on any atom is 0.302 e. The minimum Gasteiger partial charge on any atom is -0.461 e. The highest BCUT2D eigenvalue weighted by Crippen LogP contribution is 2.23. The van der Waals surface area contributed by atoms with Gasteiger partial charge in [-0.2, -0.15) is 5.26 Å². The fraction of sp³-hybridized carbons (Fsp3) is 0.125. The fourth-order valence-corrected chi connectivity index (χ4v) is 1.80. The molecule has 3 nitrogen and oxygen atoms in total. The van der Waals surface area contributed by atoms with Gasteiger partial charge in [-0.25, -0.2) is 0 Å². The number of hydrogen-bond acceptors (Lipinski definition) is 3. The van der Waals surface area contributed by atoms with Gasteiger partial charge in [0.2, 0.25) is 0 Å². The molecule has 0 aromatic heterocycles. The summed E-state index contributed by atoms with van der Waals surface area (Å²) in [5, 5.41) is 9.07. The Balaban J connectivity index is 2.23. The Kier molecular flexibility index (Phi) is 3.94. The second-order valence-corrected chi connectivity index (χ2v) is 4.13. The number of hydrogen-bond donors (Lipinski definition) is 0. The van der Waals surface area contributed by atoms with Crippen LogP contribution in [0.2, 0.25) is 0 Å². The van der Waals surface area contributed by atoms with Crippen LogP contribution in [0.15, 0.2) is 48.5 Å². The summed E-state index contributed by atoms with van der Waals surface area (Å²) in [7, 11) is 0. The number of ether oxygens (including phenoxy) is 1. The van der Waals surface area contributed by atoms with Gasteiger partial charge in [0, 0.05) is 6.92 Å². The third kappa shape index (κ3) is 3.20. The molecule has 2 aromatic carbocycles. The first-order valence-corrected chi connectivity index (χ1v) is 5.92. The lowest BCUT2D eigenvalue weighted by atomic mass is 9.99. The van der Waals surface area contributed by atoms with Crippen molar-refractivity contribution in [3.05, 3.63) is 59.7 Å². The average molecular weight is 251 g/mol. The number of benzene rings is 2. The normalized spacial score (nSPS) is 9.68. The molecule has 0 saturated carbocycles. The molecule has 0 spiro atoms. The van der Waals surface area contributed by atoms with Crippen molar-refractivity contribution in [2.24, 2.45) is 0 Å². The molecule has 0 aliphatic carbocycles. The third-order valence-corrected chi connectivity index (χ3v) is 2.75. The van der Waals surface area contributed by atoms with Crippen molar-refractivity contribution in [1.29, 1.82) is 5.26 Å². The molecule has 0 saturated heterocycles. The summed E-state index contributed by atoms with van der Waals surface area (Å²) in [6.07, 6.45) is 0. The SMILES string of the molecule is CC(=O)OCc1ccc(-c2ccccc2C#N)cc1. The minimum atomic E-state index is -0.293. The number of nitrogens with zero attached hydrogens (tertiary/aromatic N) is 1. The molecular formula is C16H13NO2. The smallest absolute Gasteiger partial charge is 0.302 e. The van der Waals surface area contributed by atoms with Crippen LogP contribution in [0.4, 0.5) is 0 Å². The predicted octanol–water partition coefficient (Wildman–Crippen LogP) is 3.29. The zero-order valence-electron chi connectivity index (χ0n) is 10.6. The van der Waals surface area contributed by atoms with Crippen molar-refractivity contribution in [3.8, 4) is 17.2 Å². The van der Waals surface area contributed by atoms with E-state index >= 15 is 0 Å². The molecule has 0 unspecified atom stereocenters. The number of rotatable bonds is 3. The van der Waals surface area contributed by atoms with Crippen LogP contribution in [-0.2, 0) is 16.1 Å². The van der Waals surface area contributed by atoms with Crippen molar-refractivity contribution >= 4 is 5.97 Å². The lowest BCUT2D eigenvalue weighted by molar-refractivity contribution is -0.142. The maximum atomic E-state index is 10.7. The van der Waals surface area contributed by atoms with Gasteiger partial charge >= 0.3 is 5.97 Å². The van der Waals surface area contributed by atoms with Crippen LogP contribution in [0.25, 0.3) is 11.1 Å². The number of carbonyl (C=O) groups excluding carboxylic acids is 1. The fourth-order valence-electron chi connectivity index (χ4n) is 1.80. The average Bonchev–Trinajstić information content (AvgIpc) is 2.45. The molecule has 0 heterocycles. The van der Waals surface area contributed by atoms with E-state index in [2.05, 4.69) is 6.07 Å². The quantitative estimate of drug-likeness (QED) is 0.786. The van der Waals surface area contributed by atoms with Crippen LogP contribution in [0.5, 0.6) is 0 Å². The third-order valence-electron chi connectivity index (χ3n) is 2.75. The van der Waals surface area contributed by atoms with Gasteiger partial charge in [0.05, 0.1) is 11.6 Å². The predicted molar refractivity (Wildman–Crippen MR) is 72.1 cm³/mol. The first kappa shape index (κ1) is 12.8. The topological polar surface area (TPSA) is 50.1 Å². The van der Waals surface area contributed by atoms with Crippen molar-refractivity contribution in [2.45, 2.75) is 13.5 Å². The molecule has 0 amide bonds. The maximum absolute atomic E-state index is 10.7. The number of esters is 1. The zero-order valence-corrected chi connectivity index (χ0v) is 10.6. The van der Waals surface area contributed by atoms with Crippen LogP contribution in [0.1, 0.15) is 18.1 Å². The molecule has 0 bridgehead atoms. The summed E-state index contributed by atoms with van der Waals surface area (Å²) >= 11 is 0. The van der Waals surface area contributed by atoms with Crippen LogP contribution in [0.3, 0.4) is 0 Å². The highest BCUT2D eigenvalue weighted by Gasteiger charge is 2.04. The van der Waals surface area contributed by atoms with Crippen LogP contribution in [-0.4, -0.2) is 5.97 Å². The van der Waals surface area contributed by atoms with E-state index in [-0.39, 0.29) is 12.6 Å².